The molecule has 5 heteroatoms. The average Bonchev–Trinajstić information content (AvgIpc) is 2.48. The van der Waals surface area contributed by atoms with E-state index in [0.29, 0.717) is 11.6 Å². The highest BCUT2D eigenvalue weighted by molar-refractivity contribution is 6.31. The number of nitrogens with zero attached hydrogens (tertiary/aromatic N) is 2. The number of nitrogens with two attached hydrogens (primary N) is 1. The molecule has 1 heterocycles. The van der Waals surface area contributed by atoms with Gasteiger partial charge in [0.05, 0.1) is 10.7 Å². The molecule has 0 bridgehead atoms. The first kappa shape index (κ1) is 15.5. The lowest BCUT2D eigenvalue weighted by Crippen LogP contribution is -2.29. The summed E-state index contributed by atoms with van der Waals surface area (Å²) in [4.78, 5) is 17.7. The van der Waals surface area contributed by atoms with Crippen LogP contribution in [-0.4, -0.2) is 22.8 Å². The zero-order chi connectivity index (χ0) is 15.2. The van der Waals surface area contributed by atoms with Crippen LogP contribution in [-0.2, 0) is 11.3 Å². The van der Waals surface area contributed by atoms with Gasteiger partial charge in [-0.3, -0.25) is 14.7 Å². The van der Waals surface area contributed by atoms with Crippen LogP contribution in [0.4, 0.5) is 0 Å². The van der Waals surface area contributed by atoms with Gasteiger partial charge in [0.1, 0.15) is 0 Å². The predicted molar refractivity (Wildman–Crippen MR) is 83.7 cm³/mol. The van der Waals surface area contributed by atoms with Crippen molar-refractivity contribution in [2.24, 2.45) is 5.73 Å². The second kappa shape index (κ2) is 7.20. The molecule has 0 aliphatic rings. The quantitative estimate of drug-likeness (QED) is 0.892. The molecule has 1 atom stereocenters. The number of hydrogen-bond acceptors (Lipinski definition) is 3. The summed E-state index contributed by atoms with van der Waals surface area (Å²) in [5.74, 6) is -0.331. The van der Waals surface area contributed by atoms with E-state index in [-0.39, 0.29) is 18.4 Å². The Labute approximate surface area is 129 Å². The third-order valence-electron chi connectivity index (χ3n) is 3.34. The number of carbonyl (C=O) groups excluding carboxylic acids is 1. The van der Waals surface area contributed by atoms with Crippen molar-refractivity contribution in [2.75, 3.05) is 7.05 Å². The molecule has 2 aromatic rings. The maximum atomic E-state index is 11.4. The Hall–Kier alpha value is -1.91. The van der Waals surface area contributed by atoms with Crippen molar-refractivity contribution in [3.63, 3.8) is 0 Å². The Morgan fingerprint density at radius 3 is 2.62 bits per heavy atom. The number of carbonyl (C=O) groups is 1. The highest BCUT2D eigenvalue weighted by Crippen LogP contribution is 2.25. The molecule has 21 heavy (non-hydrogen) atoms. The number of halogens is 1. The van der Waals surface area contributed by atoms with Crippen molar-refractivity contribution < 1.29 is 4.79 Å². The average molecular weight is 304 g/mol. The van der Waals surface area contributed by atoms with Crippen LogP contribution in [0.2, 0.25) is 5.02 Å². The van der Waals surface area contributed by atoms with Crippen LogP contribution in [0.15, 0.2) is 48.7 Å². The third-order valence-corrected chi connectivity index (χ3v) is 3.69. The molecule has 0 radical (unpaired) electrons. The minimum atomic E-state index is -0.331. The van der Waals surface area contributed by atoms with E-state index in [2.05, 4.69) is 4.98 Å². The molecule has 1 amide bonds. The van der Waals surface area contributed by atoms with E-state index < -0.39 is 0 Å². The SMILES string of the molecule is CN(Cc1ncccc1Cl)[C@@H](CC(N)=O)c1ccccc1. The van der Waals surface area contributed by atoms with Gasteiger partial charge >= 0.3 is 0 Å². The number of aromatic nitrogens is 1. The van der Waals surface area contributed by atoms with Gasteiger partial charge < -0.3 is 5.73 Å². The Morgan fingerprint density at radius 1 is 1.29 bits per heavy atom. The van der Waals surface area contributed by atoms with E-state index >= 15 is 0 Å². The fourth-order valence-electron chi connectivity index (χ4n) is 2.28. The van der Waals surface area contributed by atoms with Crippen molar-refractivity contribution in [2.45, 2.75) is 19.0 Å². The standard InChI is InChI=1S/C16H18ClN3O/c1-20(11-14-13(17)8-5-9-19-14)15(10-16(18)21)12-6-3-2-4-7-12/h2-9,15H,10-11H2,1H3,(H2,18,21)/t15-/m0/s1. The molecule has 2 rings (SSSR count). The lowest BCUT2D eigenvalue weighted by atomic mass is 10.0. The maximum Gasteiger partial charge on any atom is 0.219 e. The molecule has 4 nitrogen and oxygen atoms in total. The van der Waals surface area contributed by atoms with Gasteiger partial charge in [-0.05, 0) is 24.7 Å². The number of benzene rings is 1. The minimum Gasteiger partial charge on any atom is -0.370 e. The zero-order valence-corrected chi connectivity index (χ0v) is 12.6. The van der Waals surface area contributed by atoms with E-state index in [9.17, 15) is 4.79 Å². The monoisotopic (exact) mass is 303 g/mol. The number of rotatable bonds is 6. The van der Waals surface area contributed by atoms with Gasteiger partial charge in [0.25, 0.3) is 0 Å². The Balaban J connectivity index is 2.20. The van der Waals surface area contributed by atoms with Gasteiger partial charge in [-0.2, -0.15) is 0 Å². The van der Waals surface area contributed by atoms with Crippen LogP contribution in [0, 0.1) is 0 Å². The van der Waals surface area contributed by atoms with Gasteiger partial charge in [-0.25, -0.2) is 0 Å². The molecule has 0 saturated carbocycles. The molecule has 0 saturated heterocycles. The predicted octanol–water partition coefficient (Wildman–Crippen LogP) is 2.78. The van der Waals surface area contributed by atoms with E-state index in [4.69, 9.17) is 17.3 Å². The summed E-state index contributed by atoms with van der Waals surface area (Å²) < 4.78 is 0. The topological polar surface area (TPSA) is 59.2 Å². The van der Waals surface area contributed by atoms with Gasteiger partial charge in [0.2, 0.25) is 5.91 Å². The second-order valence-electron chi connectivity index (χ2n) is 4.94. The molecule has 2 N–H and O–H groups in total. The Bertz CT molecular complexity index is 603. The van der Waals surface area contributed by atoms with E-state index in [1.807, 2.05) is 48.3 Å². The molecule has 0 aliphatic carbocycles. The van der Waals surface area contributed by atoms with Crippen LogP contribution < -0.4 is 5.73 Å². The van der Waals surface area contributed by atoms with Gasteiger partial charge in [0, 0.05) is 25.2 Å². The smallest absolute Gasteiger partial charge is 0.219 e. The fraction of sp³-hybridized carbons (Fsp3) is 0.250. The number of pyridine rings is 1. The molecular formula is C16H18ClN3O. The van der Waals surface area contributed by atoms with Crippen molar-refractivity contribution >= 4 is 17.5 Å². The number of hydrogen-bond donors (Lipinski definition) is 1. The summed E-state index contributed by atoms with van der Waals surface area (Å²) in [5, 5.41) is 0.621. The molecule has 1 aromatic heterocycles. The van der Waals surface area contributed by atoms with Crippen LogP contribution in [0.1, 0.15) is 23.7 Å². The van der Waals surface area contributed by atoms with E-state index in [0.717, 1.165) is 11.3 Å². The van der Waals surface area contributed by atoms with Crippen LogP contribution in [0.5, 0.6) is 0 Å². The Kier molecular flexibility index (Phi) is 5.31. The fourth-order valence-corrected chi connectivity index (χ4v) is 2.46. The summed E-state index contributed by atoms with van der Waals surface area (Å²) >= 11 is 6.14. The van der Waals surface area contributed by atoms with Crippen molar-refractivity contribution in [1.82, 2.24) is 9.88 Å². The zero-order valence-electron chi connectivity index (χ0n) is 11.9. The van der Waals surface area contributed by atoms with Gasteiger partial charge in [-0.15, -0.1) is 0 Å². The van der Waals surface area contributed by atoms with Crippen molar-refractivity contribution in [3.05, 3.63) is 64.9 Å². The molecule has 0 aliphatic heterocycles. The number of amides is 1. The van der Waals surface area contributed by atoms with E-state index in [1.54, 1.807) is 12.3 Å². The van der Waals surface area contributed by atoms with Crippen molar-refractivity contribution in [3.8, 4) is 0 Å². The molecule has 0 fully saturated rings. The lowest BCUT2D eigenvalue weighted by Gasteiger charge is -2.27. The second-order valence-corrected chi connectivity index (χ2v) is 5.35. The minimum absolute atomic E-state index is 0.0956. The first-order chi connectivity index (χ1) is 10.1. The summed E-state index contributed by atoms with van der Waals surface area (Å²) in [6, 6.07) is 13.3. The Morgan fingerprint density at radius 2 is 2.00 bits per heavy atom. The molecular weight excluding hydrogens is 286 g/mol. The molecule has 0 spiro atoms. The van der Waals surface area contributed by atoms with Gasteiger partial charge in [-0.1, -0.05) is 41.9 Å². The lowest BCUT2D eigenvalue weighted by molar-refractivity contribution is -0.119. The molecule has 0 unspecified atom stereocenters. The highest BCUT2D eigenvalue weighted by atomic mass is 35.5. The summed E-state index contributed by atoms with van der Waals surface area (Å²) in [5.41, 5.74) is 7.22. The first-order valence-corrected chi connectivity index (χ1v) is 7.08. The maximum absolute atomic E-state index is 11.4. The summed E-state index contributed by atoms with van der Waals surface area (Å²) in [6.07, 6.45) is 1.96. The largest absolute Gasteiger partial charge is 0.370 e. The summed E-state index contributed by atoms with van der Waals surface area (Å²) in [7, 11) is 1.94. The van der Waals surface area contributed by atoms with Crippen molar-refractivity contribution in [1.29, 1.82) is 0 Å². The molecule has 1 aromatic carbocycles. The summed E-state index contributed by atoms with van der Waals surface area (Å²) in [6.45, 7) is 0.548. The van der Waals surface area contributed by atoms with Gasteiger partial charge in [0.15, 0.2) is 0 Å². The van der Waals surface area contributed by atoms with Crippen LogP contribution in [0.25, 0.3) is 0 Å². The molecule has 110 valence electrons. The third kappa shape index (κ3) is 4.28. The normalized spacial score (nSPS) is 12.3. The first-order valence-electron chi connectivity index (χ1n) is 6.71. The number of primary amides is 1. The van der Waals surface area contributed by atoms with Crippen LogP contribution >= 0.6 is 11.6 Å². The highest BCUT2D eigenvalue weighted by Gasteiger charge is 2.20. The van der Waals surface area contributed by atoms with Crippen LogP contribution in [0.3, 0.4) is 0 Å². The van der Waals surface area contributed by atoms with E-state index in [1.165, 1.54) is 0 Å².